The Bertz CT molecular complexity index is 247. The van der Waals surface area contributed by atoms with E-state index < -0.39 is 0 Å². The molecule has 0 aliphatic carbocycles. The van der Waals surface area contributed by atoms with Crippen LogP contribution in [0.4, 0.5) is 5.69 Å². The summed E-state index contributed by atoms with van der Waals surface area (Å²) in [6.45, 7) is 5.97. The fraction of sp³-hybridized carbons (Fsp3) is 0.250. The predicted molar refractivity (Wildman–Crippen MR) is 60.8 cm³/mol. The lowest BCUT2D eigenvalue weighted by molar-refractivity contribution is 1.50. The van der Waals surface area contributed by atoms with Gasteiger partial charge in [0.25, 0.3) is 0 Å². The lowest BCUT2D eigenvalue weighted by Crippen LogP contribution is -1.64. The number of allylic oxidation sites excluding steroid dienone is 2. The lowest BCUT2D eigenvalue weighted by Gasteiger charge is -1.87. The third kappa shape index (κ3) is 5.85. The summed E-state index contributed by atoms with van der Waals surface area (Å²) in [6, 6.07) is 9.87. The number of rotatable bonds is 2. The summed E-state index contributed by atoms with van der Waals surface area (Å²) in [4.78, 5) is 4.18. The first kappa shape index (κ1) is 11.6. The Kier molecular flexibility index (Phi) is 7.80. The van der Waals surface area contributed by atoms with Crippen LogP contribution in [-0.2, 0) is 0 Å². The van der Waals surface area contributed by atoms with Gasteiger partial charge >= 0.3 is 0 Å². The van der Waals surface area contributed by atoms with Gasteiger partial charge in [-0.3, -0.25) is 4.99 Å². The van der Waals surface area contributed by atoms with E-state index >= 15 is 0 Å². The molecule has 0 saturated heterocycles. The van der Waals surface area contributed by atoms with Crippen molar-refractivity contribution in [2.24, 2.45) is 4.99 Å². The SMILES string of the molecule is CC.CC=CC=Nc1ccccc1. The van der Waals surface area contributed by atoms with E-state index in [4.69, 9.17) is 0 Å². The van der Waals surface area contributed by atoms with E-state index in [2.05, 4.69) is 4.99 Å². The van der Waals surface area contributed by atoms with Gasteiger partial charge in [-0.25, -0.2) is 0 Å². The molecule has 0 heterocycles. The van der Waals surface area contributed by atoms with Gasteiger partial charge in [0.05, 0.1) is 5.69 Å². The molecule has 1 nitrogen and oxygen atoms in total. The molecule has 0 bridgehead atoms. The minimum atomic E-state index is 0.991. The average molecular weight is 175 g/mol. The number of nitrogens with zero attached hydrogens (tertiary/aromatic N) is 1. The molecule has 0 unspecified atom stereocenters. The molecule has 0 radical (unpaired) electrons. The number of para-hydroxylation sites is 1. The molecule has 0 aliphatic heterocycles. The van der Waals surface area contributed by atoms with Crippen LogP contribution in [0.5, 0.6) is 0 Å². The van der Waals surface area contributed by atoms with E-state index in [1.807, 2.05) is 63.3 Å². The first-order valence-electron chi connectivity index (χ1n) is 4.64. The number of benzene rings is 1. The van der Waals surface area contributed by atoms with Gasteiger partial charge in [0, 0.05) is 6.21 Å². The maximum Gasteiger partial charge on any atom is 0.0629 e. The third-order valence-corrected chi connectivity index (χ3v) is 1.26. The lowest BCUT2D eigenvalue weighted by atomic mass is 10.3. The molecule has 0 N–H and O–H groups in total. The van der Waals surface area contributed by atoms with Crippen molar-refractivity contribution in [3.63, 3.8) is 0 Å². The zero-order chi connectivity index (χ0) is 9.94. The minimum absolute atomic E-state index is 0.991. The van der Waals surface area contributed by atoms with Crippen LogP contribution in [0.1, 0.15) is 20.8 Å². The molecule has 0 amide bonds. The average Bonchev–Trinajstić information content (AvgIpc) is 2.23. The summed E-state index contributed by atoms with van der Waals surface area (Å²) in [5, 5.41) is 0. The second-order valence-electron chi connectivity index (χ2n) is 2.14. The highest BCUT2D eigenvalue weighted by Gasteiger charge is 1.79. The largest absolute Gasteiger partial charge is 0.257 e. The Labute approximate surface area is 80.8 Å². The van der Waals surface area contributed by atoms with Crippen LogP contribution in [0.15, 0.2) is 47.5 Å². The Hall–Kier alpha value is -1.37. The molecule has 0 fully saturated rings. The molecule has 0 saturated carbocycles. The highest BCUT2D eigenvalue weighted by molar-refractivity contribution is 5.74. The van der Waals surface area contributed by atoms with Crippen molar-refractivity contribution in [3.8, 4) is 0 Å². The van der Waals surface area contributed by atoms with Gasteiger partial charge < -0.3 is 0 Å². The van der Waals surface area contributed by atoms with E-state index in [1.165, 1.54) is 0 Å². The molecule has 1 rings (SSSR count). The highest BCUT2D eigenvalue weighted by atomic mass is 14.7. The van der Waals surface area contributed by atoms with Crippen LogP contribution >= 0.6 is 0 Å². The zero-order valence-electron chi connectivity index (χ0n) is 8.57. The topological polar surface area (TPSA) is 12.4 Å². The van der Waals surface area contributed by atoms with Crippen molar-refractivity contribution >= 4 is 11.9 Å². The summed E-state index contributed by atoms with van der Waals surface area (Å²) in [7, 11) is 0. The summed E-state index contributed by atoms with van der Waals surface area (Å²) in [5.74, 6) is 0. The molecule has 1 aromatic carbocycles. The molecule has 0 spiro atoms. The van der Waals surface area contributed by atoms with Crippen LogP contribution < -0.4 is 0 Å². The van der Waals surface area contributed by atoms with Crippen LogP contribution in [0.3, 0.4) is 0 Å². The first-order valence-corrected chi connectivity index (χ1v) is 4.64. The van der Waals surface area contributed by atoms with Crippen molar-refractivity contribution < 1.29 is 0 Å². The van der Waals surface area contributed by atoms with Gasteiger partial charge in [-0.2, -0.15) is 0 Å². The van der Waals surface area contributed by atoms with Gasteiger partial charge in [0.2, 0.25) is 0 Å². The second-order valence-corrected chi connectivity index (χ2v) is 2.14. The maximum atomic E-state index is 4.18. The minimum Gasteiger partial charge on any atom is -0.257 e. The van der Waals surface area contributed by atoms with Gasteiger partial charge in [0.15, 0.2) is 0 Å². The summed E-state index contributed by atoms with van der Waals surface area (Å²) in [5.41, 5.74) is 0.991. The normalized spacial score (nSPS) is 10.1. The van der Waals surface area contributed by atoms with Crippen molar-refractivity contribution in [1.29, 1.82) is 0 Å². The number of aliphatic imine (C=N–C) groups is 1. The second kappa shape index (κ2) is 8.72. The van der Waals surface area contributed by atoms with Crippen LogP contribution in [0.25, 0.3) is 0 Å². The van der Waals surface area contributed by atoms with E-state index in [1.54, 1.807) is 6.21 Å². The Balaban J connectivity index is 0.000000671. The fourth-order valence-electron chi connectivity index (χ4n) is 0.729. The molecular formula is C12H17N. The molecule has 1 heteroatoms. The van der Waals surface area contributed by atoms with Gasteiger partial charge in [0.1, 0.15) is 0 Å². The monoisotopic (exact) mass is 175 g/mol. The summed E-state index contributed by atoms with van der Waals surface area (Å²) < 4.78 is 0. The van der Waals surface area contributed by atoms with Crippen molar-refractivity contribution in [2.75, 3.05) is 0 Å². The number of hydrogen-bond donors (Lipinski definition) is 0. The van der Waals surface area contributed by atoms with E-state index in [0.29, 0.717) is 0 Å². The first-order chi connectivity index (χ1) is 6.43. The quantitative estimate of drug-likeness (QED) is 0.603. The van der Waals surface area contributed by atoms with Crippen molar-refractivity contribution in [2.45, 2.75) is 20.8 Å². The molecule has 70 valence electrons. The van der Waals surface area contributed by atoms with Gasteiger partial charge in [-0.1, -0.05) is 38.1 Å². The Morgan fingerprint density at radius 1 is 1.08 bits per heavy atom. The van der Waals surface area contributed by atoms with Crippen molar-refractivity contribution in [3.05, 3.63) is 42.5 Å². The standard InChI is InChI=1S/C10H11N.C2H6/c1-2-3-9-11-10-7-5-4-6-8-10;1-2/h2-9H,1H3;1-2H3. The van der Waals surface area contributed by atoms with Crippen molar-refractivity contribution in [1.82, 2.24) is 0 Å². The molecule has 0 aromatic heterocycles. The fourth-order valence-corrected chi connectivity index (χ4v) is 0.729. The van der Waals surface area contributed by atoms with Crippen LogP contribution in [-0.4, -0.2) is 6.21 Å². The molecule has 13 heavy (non-hydrogen) atoms. The number of hydrogen-bond acceptors (Lipinski definition) is 1. The van der Waals surface area contributed by atoms with Gasteiger partial charge in [-0.15, -0.1) is 0 Å². The summed E-state index contributed by atoms with van der Waals surface area (Å²) >= 11 is 0. The van der Waals surface area contributed by atoms with Crippen LogP contribution in [0.2, 0.25) is 0 Å². The molecule has 0 atom stereocenters. The smallest absolute Gasteiger partial charge is 0.0629 e. The highest BCUT2D eigenvalue weighted by Crippen LogP contribution is 2.07. The van der Waals surface area contributed by atoms with Gasteiger partial charge in [-0.05, 0) is 25.1 Å². The zero-order valence-corrected chi connectivity index (χ0v) is 8.57. The Morgan fingerprint density at radius 3 is 2.23 bits per heavy atom. The predicted octanol–water partition coefficient (Wildman–Crippen LogP) is 3.99. The van der Waals surface area contributed by atoms with E-state index in [-0.39, 0.29) is 0 Å². The third-order valence-electron chi connectivity index (χ3n) is 1.26. The van der Waals surface area contributed by atoms with E-state index in [0.717, 1.165) is 5.69 Å². The molecule has 1 aromatic rings. The molecular weight excluding hydrogens is 158 g/mol. The Morgan fingerprint density at radius 2 is 1.69 bits per heavy atom. The summed E-state index contributed by atoms with van der Waals surface area (Å²) in [6.07, 6.45) is 5.65. The maximum absolute atomic E-state index is 4.18. The van der Waals surface area contributed by atoms with E-state index in [9.17, 15) is 0 Å². The molecule has 0 aliphatic rings. The van der Waals surface area contributed by atoms with Crippen LogP contribution in [0, 0.1) is 0 Å².